The first kappa shape index (κ1) is 24.3. The average Bonchev–Trinajstić information content (AvgIpc) is 3.35. The van der Waals surface area contributed by atoms with Crippen molar-refractivity contribution in [2.24, 2.45) is 11.8 Å². The molecule has 6 nitrogen and oxygen atoms in total. The average molecular weight is 463 g/mol. The van der Waals surface area contributed by atoms with Gasteiger partial charge in [0.25, 0.3) is 5.91 Å². The van der Waals surface area contributed by atoms with Gasteiger partial charge in [-0.1, -0.05) is 48.5 Å². The molecule has 0 aliphatic carbocycles. The minimum atomic E-state index is -0.122. The van der Waals surface area contributed by atoms with Crippen LogP contribution in [0.25, 0.3) is 0 Å². The van der Waals surface area contributed by atoms with Crippen molar-refractivity contribution in [1.29, 1.82) is 0 Å². The van der Waals surface area contributed by atoms with E-state index in [1.165, 1.54) is 0 Å². The third-order valence-electron chi connectivity index (χ3n) is 7.21. The Balaban J connectivity index is 1.33. The van der Waals surface area contributed by atoms with Crippen molar-refractivity contribution >= 4 is 11.9 Å². The van der Waals surface area contributed by atoms with Crippen LogP contribution < -0.4 is 10.6 Å². The molecular formula is C28H38N4O2. The van der Waals surface area contributed by atoms with Gasteiger partial charge in [-0.3, -0.25) is 4.79 Å². The molecule has 3 atom stereocenters. The minimum Gasteiger partial charge on any atom is -0.338 e. The Morgan fingerprint density at radius 1 is 0.882 bits per heavy atom. The second-order valence-corrected chi connectivity index (χ2v) is 10.3. The van der Waals surface area contributed by atoms with Gasteiger partial charge in [0.1, 0.15) is 0 Å². The van der Waals surface area contributed by atoms with Crippen LogP contribution in [0.4, 0.5) is 4.79 Å². The summed E-state index contributed by atoms with van der Waals surface area (Å²) >= 11 is 0. The number of urea groups is 1. The lowest BCUT2D eigenvalue weighted by Gasteiger charge is -2.25. The lowest BCUT2D eigenvalue weighted by atomic mass is 10.0. The van der Waals surface area contributed by atoms with Gasteiger partial charge in [0.2, 0.25) is 0 Å². The molecule has 0 aromatic heterocycles. The minimum absolute atomic E-state index is 0.0255. The van der Waals surface area contributed by atoms with Crippen molar-refractivity contribution in [3.05, 3.63) is 70.8 Å². The number of amides is 3. The van der Waals surface area contributed by atoms with Crippen molar-refractivity contribution in [2.45, 2.75) is 46.2 Å². The summed E-state index contributed by atoms with van der Waals surface area (Å²) in [5.41, 5.74) is 4.12. The Morgan fingerprint density at radius 2 is 1.50 bits per heavy atom. The molecular weight excluding hydrogens is 424 g/mol. The number of fused-ring (bicyclic) bond motifs is 1. The molecule has 2 aliphatic rings. The van der Waals surface area contributed by atoms with E-state index >= 15 is 0 Å². The highest BCUT2D eigenvalue weighted by molar-refractivity contribution is 5.97. The van der Waals surface area contributed by atoms with Crippen LogP contribution in [-0.4, -0.2) is 60.5 Å². The lowest BCUT2D eigenvalue weighted by molar-refractivity contribution is 0.0772. The molecule has 182 valence electrons. The summed E-state index contributed by atoms with van der Waals surface area (Å²) in [6.45, 7) is 12.6. The normalized spacial score (nSPS) is 20.9. The first-order chi connectivity index (χ1) is 16.3. The summed E-state index contributed by atoms with van der Waals surface area (Å²) in [7, 11) is 0. The van der Waals surface area contributed by atoms with Crippen LogP contribution in [0.3, 0.4) is 0 Å². The summed E-state index contributed by atoms with van der Waals surface area (Å²) in [4.78, 5) is 30.2. The van der Waals surface area contributed by atoms with E-state index in [4.69, 9.17) is 0 Å². The van der Waals surface area contributed by atoms with Crippen molar-refractivity contribution in [2.75, 3.05) is 32.7 Å². The van der Waals surface area contributed by atoms with Gasteiger partial charge in [0, 0.05) is 44.3 Å². The van der Waals surface area contributed by atoms with E-state index in [0.29, 0.717) is 11.8 Å². The zero-order chi connectivity index (χ0) is 24.2. The predicted octanol–water partition coefficient (Wildman–Crippen LogP) is 4.15. The van der Waals surface area contributed by atoms with Crippen LogP contribution in [0.2, 0.25) is 0 Å². The fraction of sp³-hybridized carbons (Fsp3) is 0.500. The molecule has 34 heavy (non-hydrogen) atoms. The molecule has 2 unspecified atom stereocenters. The molecule has 2 saturated heterocycles. The Morgan fingerprint density at radius 3 is 2.09 bits per heavy atom. The van der Waals surface area contributed by atoms with Gasteiger partial charge in [-0.15, -0.1) is 0 Å². The van der Waals surface area contributed by atoms with E-state index in [0.717, 1.165) is 61.4 Å². The van der Waals surface area contributed by atoms with Crippen molar-refractivity contribution in [3.8, 4) is 0 Å². The van der Waals surface area contributed by atoms with Crippen LogP contribution in [-0.2, 0) is 0 Å². The summed E-state index contributed by atoms with van der Waals surface area (Å²) in [6, 6.07) is 16.2. The molecule has 0 spiro atoms. The molecule has 2 aliphatic heterocycles. The number of nitrogens with zero attached hydrogens (tertiary/aromatic N) is 2. The number of hydrogen-bond donors (Lipinski definition) is 2. The van der Waals surface area contributed by atoms with Crippen molar-refractivity contribution in [1.82, 2.24) is 20.4 Å². The van der Waals surface area contributed by atoms with E-state index in [9.17, 15) is 9.59 Å². The number of likely N-dealkylation sites (tertiary alicyclic amines) is 2. The smallest absolute Gasteiger partial charge is 0.315 e. The number of rotatable bonds is 7. The molecule has 0 saturated carbocycles. The lowest BCUT2D eigenvalue weighted by Crippen LogP contribution is -2.42. The molecule has 4 rings (SSSR count). The summed E-state index contributed by atoms with van der Waals surface area (Å²) < 4.78 is 0. The Kier molecular flexibility index (Phi) is 7.57. The van der Waals surface area contributed by atoms with Crippen molar-refractivity contribution in [3.63, 3.8) is 0 Å². The topological polar surface area (TPSA) is 64.7 Å². The quantitative estimate of drug-likeness (QED) is 0.650. The van der Waals surface area contributed by atoms with E-state index < -0.39 is 0 Å². The van der Waals surface area contributed by atoms with Gasteiger partial charge in [0.15, 0.2) is 0 Å². The molecule has 0 bridgehead atoms. The van der Waals surface area contributed by atoms with Crippen LogP contribution in [0.5, 0.6) is 0 Å². The Bertz CT molecular complexity index is 972. The third-order valence-corrected chi connectivity index (χ3v) is 7.21. The summed E-state index contributed by atoms with van der Waals surface area (Å²) in [5, 5.41) is 6.10. The van der Waals surface area contributed by atoms with Gasteiger partial charge in [-0.2, -0.15) is 0 Å². The van der Waals surface area contributed by atoms with Gasteiger partial charge in [0.05, 0.1) is 6.04 Å². The zero-order valence-corrected chi connectivity index (χ0v) is 20.9. The second kappa shape index (κ2) is 10.6. The number of nitrogens with one attached hydrogen (secondary N) is 2. The van der Waals surface area contributed by atoms with Crippen LogP contribution >= 0.6 is 0 Å². The first-order valence-electron chi connectivity index (χ1n) is 12.5. The maximum Gasteiger partial charge on any atom is 0.315 e. The maximum atomic E-state index is 13.2. The predicted molar refractivity (Wildman–Crippen MR) is 136 cm³/mol. The van der Waals surface area contributed by atoms with Crippen LogP contribution in [0.15, 0.2) is 48.5 Å². The van der Waals surface area contributed by atoms with Gasteiger partial charge in [-0.25, -0.2) is 4.79 Å². The number of hydrogen-bond acceptors (Lipinski definition) is 3. The Hall–Kier alpha value is -2.86. The van der Waals surface area contributed by atoms with Crippen molar-refractivity contribution < 1.29 is 9.59 Å². The third kappa shape index (κ3) is 5.61. The molecule has 2 aromatic rings. The monoisotopic (exact) mass is 462 g/mol. The molecule has 3 amide bonds. The summed E-state index contributed by atoms with van der Waals surface area (Å²) in [6.07, 6.45) is 0.861. The standard InChI is InChI=1S/C28H38N4O2/c1-19(2)29-28(34)30-25(22-11-6-5-7-12-22)13-14-31-15-23-17-32(18-24(23)16-31)27(33)26-20(3)9-8-10-21(26)4/h5-12,19,23-25H,13-18H2,1-4H3,(H2,29,30,34)/t23?,24?,25-/m0/s1. The van der Waals surface area contributed by atoms with Gasteiger partial charge in [-0.05, 0) is 62.6 Å². The van der Waals surface area contributed by atoms with E-state index in [2.05, 4.69) is 32.6 Å². The van der Waals surface area contributed by atoms with Crippen LogP contribution in [0, 0.1) is 25.7 Å². The molecule has 2 heterocycles. The fourth-order valence-electron chi connectivity index (χ4n) is 5.53. The SMILES string of the molecule is Cc1cccc(C)c1C(=O)N1CC2CN(CC[C@H](NC(=O)NC(C)C)c3ccccc3)CC2C1. The van der Waals surface area contributed by atoms with E-state index in [-0.39, 0.29) is 24.0 Å². The number of benzene rings is 2. The molecule has 2 aromatic carbocycles. The van der Waals surface area contributed by atoms with Gasteiger partial charge >= 0.3 is 6.03 Å². The maximum absolute atomic E-state index is 13.2. The van der Waals surface area contributed by atoms with E-state index in [1.54, 1.807) is 0 Å². The second-order valence-electron chi connectivity index (χ2n) is 10.3. The molecule has 0 radical (unpaired) electrons. The zero-order valence-electron chi connectivity index (χ0n) is 20.9. The highest BCUT2D eigenvalue weighted by Crippen LogP contribution is 2.33. The largest absolute Gasteiger partial charge is 0.338 e. The first-order valence-corrected chi connectivity index (χ1v) is 12.5. The fourth-order valence-corrected chi connectivity index (χ4v) is 5.53. The number of carbonyl (C=O) groups excluding carboxylic acids is 2. The highest BCUT2D eigenvalue weighted by atomic mass is 16.2. The van der Waals surface area contributed by atoms with E-state index in [1.807, 2.05) is 64.1 Å². The van der Waals surface area contributed by atoms with Crippen LogP contribution in [0.1, 0.15) is 53.4 Å². The summed E-state index contributed by atoms with van der Waals surface area (Å²) in [5.74, 6) is 1.24. The molecule has 2 N–H and O–H groups in total. The molecule has 6 heteroatoms. The Labute approximate surface area is 203 Å². The van der Waals surface area contributed by atoms with Gasteiger partial charge < -0.3 is 20.4 Å². The number of aryl methyl sites for hydroxylation is 2. The molecule has 2 fully saturated rings. The highest BCUT2D eigenvalue weighted by Gasteiger charge is 2.42. The number of carbonyl (C=O) groups is 2.